The number of ether oxygens (including phenoxy) is 1. The molecule has 1 aliphatic carbocycles. The van der Waals surface area contributed by atoms with Crippen molar-refractivity contribution in [1.29, 1.82) is 0 Å². The van der Waals surface area contributed by atoms with Crippen molar-refractivity contribution in [2.75, 3.05) is 5.32 Å². The van der Waals surface area contributed by atoms with Crippen LogP contribution in [0.5, 0.6) is 5.75 Å². The van der Waals surface area contributed by atoms with Gasteiger partial charge < -0.3 is 10.1 Å². The van der Waals surface area contributed by atoms with Crippen molar-refractivity contribution in [2.45, 2.75) is 25.6 Å². The normalized spacial score (nSPS) is 18.6. The quantitative estimate of drug-likeness (QED) is 0.856. The summed E-state index contributed by atoms with van der Waals surface area (Å²) in [7, 11) is 0. The number of hydrogen-bond donors (Lipinski definition) is 1. The number of allylic oxidation sites excluding steroid dienone is 2. The molecule has 20 heavy (non-hydrogen) atoms. The lowest BCUT2D eigenvalue weighted by Gasteiger charge is -2.17. The molecule has 0 radical (unpaired) electrons. The lowest BCUT2D eigenvalue weighted by molar-refractivity contribution is -0.274. The topological polar surface area (TPSA) is 38.3 Å². The molecular formula is C14H14F3NO2. The van der Waals surface area contributed by atoms with Crippen LogP contribution in [0.3, 0.4) is 0 Å². The molecule has 0 heterocycles. The second-order valence-electron chi connectivity index (χ2n) is 4.54. The highest BCUT2D eigenvalue weighted by Crippen LogP contribution is 2.25. The standard InChI is InChI=1S/C14H14F3NO2/c15-14(16,17)20-12-8-6-11(7-9-12)18-13(19)10-4-2-1-3-5-10/h1-2,6-10H,3-5H2,(H,18,19). The minimum Gasteiger partial charge on any atom is -0.406 e. The molecule has 1 aromatic carbocycles. The van der Waals surface area contributed by atoms with Gasteiger partial charge in [-0.15, -0.1) is 13.2 Å². The van der Waals surface area contributed by atoms with Crippen LogP contribution in [0.1, 0.15) is 19.3 Å². The van der Waals surface area contributed by atoms with E-state index in [-0.39, 0.29) is 17.6 Å². The number of carbonyl (C=O) groups excluding carboxylic acids is 1. The van der Waals surface area contributed by atoms with Crippen molar-refractivity contribution >= 4 is 11.6 Å². The van der Waals surface area contributed by atoms with E-state index in [4.69, 9.17) is 0 Å². The van der Waals surface area contributed by atoms with E-state index in [1.54, 1.807) is 0 Å². The maximum Gasteiger partial charge on any atom is 0.573 e. The summed E-state index contributed by atoms with van der Waals surface area (Å²) in [6, 6.07) is 5.11. The Labute approximate surface area is 114 Å². The number of rotatable bonds is 3. The first kappa shape index (κ1) is 14.4. The summed E-state index contributed by atoms with van der Waals surface area (Å²) < 4.78 is 39.7. The second kappa shape index (κ2) is 5.98. The molecular weight excluding hydrogens is 271 g/mol. The van der Waals surface area contributed by atoms with Crippen molar-refractivity contribution in [2.24, 2.45) is 5.92 Å². The molecule has 0 bridgehead atoms. The number of carbonyl (C=O) groups is 1. The van der Waals surface area contributed by atoms with E-state index < -0.39 is 6.36 Å². The summed E-state index contributed by atoms with van der Waals surface area (Å²) in [6.07, 6.45) is 1.65. The van der Waals surface area contributed by atoms with Gasteiger partial charge in [-0.05, 0) is 43.5 Å². The van der Waals surface area contributed by atoms with Crippen LogP contribution in [0.15, 0.2) is 36.4 Å². The van der Waals surface area contributed by atoms with Crippen LogP contribution in [-0.2, 0) is 4.79 Å². The second-order valence-corrected chi connectivity index (χ2v) is 4.54. The van der Waals surface area contributed by atoms with Crippen molar-refractivity contribution in [1.82, 2.24) is 0 Å². The highest BCUT2D eigenvalue weighted by molar-refractivity contribution is 5.92. The summed E-state index contributed by atoms with van der Waals surface area (Å²) in [5.74, 6) is -0.499. The third kappa shape index (κ3) is 4.29. The van der Waals surface area contributed by atoms with E-state index in [1.165, 1.54) is 24.3 Å². The smallest absolute Gasteiger partial charge is 0.406 e. The highest BCUT2D eigenvalue weighted by Gasteiger charge is 2.31. The first-order valence-electron chi connectivity index (χ1n) is 6.26. The van der Waals surface area contributed by atoms with Crippen LogP contribution in [0.25, 0.3) is 0 Å². The predicted octanol–water partition coefficient (Wildman–Crippen LogP) is 3.88. The van der Waals surface area contributed by atoms with E-state index in [1.807, 2.05) is 12.2 Å². The Morgan fingerprint density at radius 1 is 1.20 bits per heavy atom. The fraction of sp³-hybridized carbons (Fsp3) is 0.357. The average molecular weight is 285 g/mol. The molecule has 0 spiro atoms. The number of alkyl halides is 3. The Morgan fingerprint density at radius 3 is 2.45 bits per heavy atom. The van der Waals surface area contributed by atoms with Crippen LogP contribution < -0.4 is 10.1 Å². The van der Waals surface area contributed by atoms with Crippen LogP contribution in [0.2, 0.25) is 0 Å². The van der Waals surface area contributed by atoms with Crippen molar-refractivity contribution in [3.05, 3.63) is 36.4 Å². The van der Waals surface area contributed by atoms with Crippen molar-refractivity contribution < 1.29 is 22.7 Å². The number of halogens is 3. The molecule has 1 aliphatic rings. The average Bonchev–Trinajstić information content (AvgIpc) is 2.40. The van der Waals surface area contributed by atoms with Gasteiger partial charge in [-0.25, -0.2) is 0 Å². The molecule has 2 rings (SSSR count). The monoisotopic (exact) mass is 285 g/mol. The zero-order valence-electron chi connectivity index (χ0n) is 10.6. The molecule has 0 aromatic heterocycles. The molecule has 3 nitrogen and oxygen atoms in total. The van der Waals surface area contributed by atoms with Gasteiger partial charge in [0, 0.05) is 11.6 Å². The Bertz CT molecular complexity index is 494. The molecule has 1 atom stereocenters. The fourth-order valence-corrected chi connectivity index (χ4v) is 2.02. The zero-order valence-corrected chi connectivity index (χ0v) is 10.6. The minimum absolute atomic E-state index is 0.0777. The molecule has 0 saturated heterocycles. The van der Waals surface area contributed by atoms with Crippen LogP contribution >= 0.6 is 0 Å². The number of amides is 1. The lowest BCUT2D eigenvalue weighted by Crippen LogP contribution is -2.23. The van der Waals surface area contributed by atoms with Crippen LogP contribution in [0, 0.1) is 5.92 Å². The Kier molecular flexibility index (Phi) is 4.32. The molecule has 0 aliphatic heterocycles. The van der Waals surface area contributed by atoms with Gasteiger partial charge in [0.15, 0.2) is 0 Å². The largest absolute Gasteiger partial charge is 0.573 e. The third-order valence-corrected chi connectivity index (χ3v) is 3.00. The van der Waals surface area contributed by atoms with Crippen LogP contribution in [0.4, 0.5) is 18.9 Å². The van der Waals surface area contributed by atoms with Gasteiger partial charge in [0.05, 0.1) is 0 Å². The Balaban J connectivity index is 1.93. The van der Waals surface area contributed by atoms with E-state index >= 15 is 0 Å². The van der Waals surface area contributed by atoms with E-state index in [9.17, 15) is 18.0 Å². The summed E-state index contributed by atoms with van der Waals surface area (Å²) in [5, 5.41) is 2.69. The maximum atomic E-state index is 12.0. The molecule has 1 unspecified atom stereocenters. The summed E-state index contributed by atoms with van der Waals surface area (Å²) in [6.45, 7) is 0. The third-order valence-electron chi connectivity index (χ3n) is 3.00. The number of nitrogens with one attached hydrogen (secondary N) is 1. The minimum atomic E-state index is -4.71. The number of benzene rings is 1. The van der Waals surface area contributed by atoms with Gasteiger partial charge in [-0.1, -0.05) is 12.2 Å². The van der Waals surface area contributed by atoms with Gasteiger partial charge in [-0.2, -0.15) is 0 Å². The SMILES string of the molecule is O=C(Nc1ccc(OC(F)(F)F)cc1)C1CC=CCC1. The zero-order chi connectivity index (χ0) is 14.6. The van der Waals surface area contributed by atoms with E-state index in [0.29, 0.717) is 12.1 Å². The number of hydrogen-bond acceptors (Lipinski definition) is 2. The molecule has 108 valence electrons. The van der Waals surface area contributed by atoms with Gasteiger partial charge in [-0.3, -0.25) is 4.79 Å². The first-order valence-corrected chi connectivity index (χ1v) is 6.26. The fourth-order valence-electron chi connectivity index (χ4n) is 2.02. The van der Waals surface area contributed by atoms with Gasteiger partial charge in [0.25, 0.3) is 0 Å². The predicted molar refractivity (Wildman–Crippen MR) is 68.2 cm³/mol. The van der Waals surface area contributed by atoms with Gasteiger partial charge in [0.2, 0.25) is 5.91 Å². The van der Waals surface area contributed by atoms with Gasteiger partial charge >= 0.3 is 6.36 Å². The Morgan fingerprint density at radius 2 is 1.90 bits per heavy atom. The molecule has 6 heteroatoms. The first-order chi connectivity index (χ1) is 9.44. The van der Waals surface area contributed by atoms with Crippen LogP contribution in [-0.4, -0.2) is 12.3 Å². The summed E-state index contributed by atoms with van der Waals surface area (Å²) in [4.78, 5) is 11.9. The number of anilines is 1. The Hall–Kier alpha value is -1.98. The molecule has 1 N–H and O–H groups in total. The maximum absolute atomic E-state index is 12.0. The lowest BCUT2D eigenvalue weighted by atomic mass is 9.93. The molecule has 1 aromatic rings. The molecule has 0 fully saturated rings. The molecule has 1 amide bonds. The summed E-state index contributed by atoms with van der Waals surface area (Å²) >= 11 is 0. The van der Waals surface area contributed by atoms with Crippen molar-refractivity contribution in [3.8, 4) is 5.75 Å². The van der Waals surface area contributed by atoms with Crippen molar-refractivity contribution in [3.63, 3.8) is 0 Å². The van der Waals surface area contributed by atoms with Gasteiger partial charge in [0.1, 0.15) is 5.75 Å². The van der Waals surface area contributed by atoms with E-state index in [2.05, 4.69) is 10.1 Å². The molecule has 0 saturated carbocycles. The highest BCUT2D eigenvalue weighted by atomic mass is 19.4. The summed E-state index contributed by atoms with van der Waals surface area (Å²) in [5.41, 5.74) is 0.457. The van der Waals surface area contributed by atoms with E-state index in [0.717, 1.165) is 12.8 Å².